The molecule has 28 heavy (non-hydrogen) atoms. The lowest BCUT2D eigenvalue weighted by Crippen LogP contribution is -2.10. The molecule has 1 N–H and O–H groups in total. The fourth-order valence-electron chi connectivity index (χ4n) is 2.95. The third kappa shape index (κ3) is 4.17. The normalized spacial score (nSPS) is 12.0. The molecule has 0 saturated carbocycles. The molecule has 0 saturated heterocycles. The van der Waals surface area contributed by atoms with Crippen LogP contribution in [-0.2, 0) is 11.3 Å². The first-order valence-electron chi connectivity index (χ1n) is 8.73. The molecule has 1 atom stereocenters. The number of rotatable bonds is 7. The number of hydrogen-bond donors (Lipinski definition) is 1. The molecule has 1 unspecified atom stereocenters. The summed E-state index contributed by atoms with van der Waals surface area (Å²) >= 11 is 0. The third-order valence-corrected chi connectivity index (χ3v) is 4.40. The first-order valence-corrected chi connectivity index (χ1v) is 8.73. The largest absolute Gasteiger partial charge is 0.380 e. The van der Waals surface area contributed by atoms with Crippen LogP contribution < -0.4 is 5.32 Å². The molecule has 2 aromatic carbocycles. The number of nitrogens with zero attached hydrogens (tertiary/aromatic N) is 3. The molecule has 0 aliphatic carbocycles. The van der Waals surface area contributed by atoms with Crippen molar-refractivity contribution in [1.29, 1.82) is 0 Å². The predicted molar refractivity (Wildman–Crippen MR) is 104 cm³/mol. The van der Waals surface area contributed by atoms with Gasteiger partial charge in [0, 0.05) is 42.7 Å². The minimum atomic E-state index is -0.447. The number of ether oxygens (including phenoxy) is 1. The number of nitrogens with one attached hydrogen (secondary N) is 1. The summed E-state index contributed by atoms with van der Waals surface area (Å²) in [5.41, 5.74) is 3.42. The molecule has 0 aliphatic rings. The van der Waals surface area contributed by atoms with Crippen LogP contribution in [0, 0.1) is 22.9 Å². The van der Waals surface area contributed by atoms with Gasteiger partial charge in [-0.05, 0) is 43.2 Å². The summed E-state index contributed by atoms with van der Waals surface area (Å²) in [5, 5.41) is 18.4. The zero-order valence-electron chi connectivity index (χ0n) is 15.8. The Morgan fingerprint density at radius 1 is 1.32 bits per heavy atom. The van der Waals surface area contributed by atoms with E-state index in [4.69, 9.17) is 4.74 Å². The zero-order chi connectivity index (χ0) is 20.3. The van der Waals surface area contributed by atoms with E-state index in [0.717, 1.165) is 11.1 Å². The quantitative estimate of drug-likeness (QED) is 0.477. The number of hydrogen-bond acceptors (Lipinski definition) is 5. The summed E-state index contributed by atoms with van der Waals surface area (Å²) in [6, 6.07) is 9.29. The van der Waals surface area contributed by atoms with Crippen LogP contribution in [0.1, 0.15) is 29.7 Å². The maximum Gasteiger partial charge on any atom is 0.269 e. The molecule has 0 spiro atoms. The highest BCUT2D eigenvalue weighted by Gasteiger charge is 2.15. The molecule has 1 heterocycles. The van der Waals surface area contributed by atoms with Gasteiger partial charge in [-0.15, -0.1) is 0 Å². The van der Waals surface area contributed by atoms with E-state index in [1.807, 2.05) is 19.9 Å². The minimum Gasteiger partial charge on any atom is -0.380 e. The average Bonchev–Trinajstić information content (AvgIpc) is 3.09. The van der Waals surface area contributed by atoms with Crippen molar-refractivity contribution in [2.45, 2.75) is 26.5 Å². The number of nitro benzene ring substituents is 1. The molecule has 0 amide bonds. The lowest BCUT2D eigenvalue weighted by atomic mass is 10.1. The van der Waals surface area contributed by atoms with Crippen molar-refractivity contribution in [3.8, 4) is 5.69 Å². The minimum absolute atomic E-state index is 0.00448. The van der Waals surface area contributed by atoms with Crippen molar-refractivity contribution in [3.05, 3.63) is 81.4 Å². The fraction of sp³-hybridized carbons (Fsp3) is 0.250. The fourth-order valence-corrected chi connectivity index (χ4v) is 2.95. The topological polar surface area (TPSA) is 82.2 Å². The highest BCUT2D eigenvalue weighted by molar-refractivity contribution is 5.57. The molecular formula is C20H21FN4O3. The van der Waals surface area contributed by atoms with E-state index in [1.54, 1.807) is 24.5 Å². The van der Waals surface area contributed by atoms with E-state index in [9.17, 15) is 14.5 Å². The Hall–Kier alpha value is -3.26. The highest BCUT2D eigenvalue weighted by Crippen LogP contribution is 2.28. The Kier molecular flexibility index (Phi) is 5.70. The lowest BCUT2D eigenvalue weighted by Gasteiger charge is -2.19. The van der Waals surface area contributed by atoms with Crippen LogP contribution in [0.3, 0.4) is 0 Å². The van der Waals surface area contributed by atoms with Crippen molar-refractivity contribution in [2.75, 3.05) is 12.4 Å². The molecule has 3 rings (SSSR count). The third-order valence-electron chi connectivity index (χ3n) is 4.40. The zero-order valence-corrected chi connectivity index (χ0v) is 15.8. The smallest absolute Gasteiger partial charge is 0.269 e. The Bertz CT molecular complexity index is 1000. The van der Waals surface area contributed by atoms with Gasteiger partial charge in [-0.3, -0.25) is 10.1 Å². The number of aromatic nitrogens is 2. The first kappa shape index (κ1) is 19.5. The van der Waals surface area contributed by atoms with Gasteiger partial charge in [-0.2, -0.15) is 5.10 Å². The molecule has 8 heteroatoms. The number of nitro groups is 1. The number of anilines is 1. The molecule has 7 nitrogen and oxygen atoms in total. The summed E-state index contributed by atoms with van der Waals surface area (Å²) in [6.07, 6.45) is 3.43. The van der Waals surface area contributed by atoms with Gasteiger partial charge < -0.3 is 10.1 Å². The lowest BCUT2D eigenvalue weighted by molar-refractivity contribution is -0.384. The summed E-state index contributed by atoms with van der Waals surface area (Å²) in [7, 11) is 1.52. The Morgan fingerprint density at radius 3 is 2.71 bits per heavy atom. The number of aryl methyl sites for hydroxylation is 1. The molecule has 146 valence electrons. The molecule has 0 fully saturated rings. The Morgan fingerprint density at radius 2 is 2.11 bits per heavy atom. The number of methoxy groups -OCH3 is 1. The number of non-ortho nitro benzene ring substituents is 1. The maximum absolute atomic E-state index is 14.6. The van der Waals surface area contributed by atoms with Gasteiger partial charge in [0.05, 0.1) is 17.7 Å². The van der Waals surface area contributed by atoms with E-state index in [2.05, 4.69) is 10.4 Å². The van der Waals surface area contributed by atoms with Gasteiger partial charge in [-0.1, -0.05) is 6.07 Å². The van der Waals surface area contributed by atoms with E-state index >= 15 is 0 Å². The predicted octanol–water partition coefficient (Wildman–Crippen LogP) is 4.55. The Labute approximate surface area is 161 Å². The van der Waals surface area contributed by atoms with Gasteiger partial charge in [0.2, 0.25) is 0 Å². The summed E-state index contributed by atoms with van der Waals surface area (Å²) in [5.74, 6) is -0.380. The number of benzene rings is 2. The standard InChI is InChI=1S/C20H21FN4O3/c1-13-10-22-24(11-13)20-7-4-15(9-18(20)21)14(2)23-19-6-5-17(25(26)27)8-16(19)12-28-3/h4-11,14,23H,12H2,1-3H3. The van der Waals surface area contributed by atoms with Crippen molar-refractivity contribution < 1.29 is 14.1 Å². The van der Waals surface area contributed by atoms with Gasteiger partial charge >= 0.3 is 0 Å². The van der Waals surface area contributed by atoms with Crippen LogP contribution in [0.25, 0.3) is 5.69 Å². The number of halogens is 1. The van der Waals surface area contributed by atoms with Crippen LogP contribution in [0.15, 0.2) is 48.8 Å². The molecule has 0 aliphatic heterocycles. The SMILES string of the molecule is COCc1cc([N+](=O)[O-])ccc1NC(C)c1ccc(-n2cc(C)cn2)c(F)c1. The van der Waals surface area contributed by atoms with Crippen LogP contribution >= 0.6 is 0 Å². The van der Waals surface area contributed by atoms with Crippen molar-refractivity contribution in [3.63, 3.8) is 0 Å². The van der Waals surface area contributed by atoms with Crippen molar-refractivity contribution >= 4 is 11.4 Å². The van der Waals surface area contributed by atoms with E-state index < -0.39 is 4.92 Å². The van der Waals surface area contributed by atoms with Gasteiger partial charge in [0.15, 0.2) is 0 Å². The van der Waals surface area contributed by atoms with Gasteiger partial charge in [0.25, 0.3) is 5.69 Å². The maximum atomic E-state index is 14.6. The Balaban J connectivity index is 1.84. The van der Waals surface area contributed by atoms with Crippen LogP contribution in [-0.4, -0.2) is 21.8 Å². The van der Waals surface area contributed by atoms with E-state index in [0.29, 0.717) is 16.9 Å². The second-order valence-electron chi connectivity index (χ2n) is 6.57. The monoisotopic (exact) mass is 384 g/mol. The van der Waals surface area contributed by atoms with Crippen molar-refractivity contribution in [1.82, 2.24) is 9.78 Å². The second-order valence-corrected chi connectivity index (χ2v) is 6.57. The molecule has 3 aromatic rings. The van der Waals surface area contributed by atoms with Crippen LogP contribution in [0.4, 0.5) is 15.8 Å². The van der Waals surface area contributed by atoms with Gasteiger partial charge in [-0.25, -0.2) is 9.07 Å². The summed E-state index contributed by atoms with van der Waals surface area (Å²) < 4.78 is 21.2. The second kappa shape index (κ2) is 8.18. The summed E-state index contributed by atoms with van der Waals surface area (Å²) in [6.45, 7) is 4.01. The molecule has 1 aromatic heterocycles. The molecule has 0 bridgehead atoms. The van der Waals surface area contributed by atoms with E-state index in [1.165, 1.54) is 30.0 Å². The van der Waals surface area contributed by atoms with Crippen LogP contribution in [0.5, 0.6) is 0 Å². The first-order chi connectivity index (χ1) is 13.4. The van der Waals surface area contributed by atoms with Crippen molar-refractivity contribution in [2.24, 2.45) is 0 Å². The van der Waals surface area contributed by atoms with Gasteiger partial charge in [0.1, 0.15) is 11.5 Å². The molecule has 0 radical (unpaired) electrons. The van der Waals surface area contributed by atoms with Crippen LogP contribution in [0.2, 0.25) is 0 Å². The highest BCUT2D eigenvalue weighted by atomic mass is 19.1. The average molecular weight is 384 g/mol. The molecular weight excluding hydrogens is 363 g/mol. The van der Waals surface area contributed by atoms with E-state index in [-0.39, 0.29) is 24.2 Å². The summed E-state index contributed by atoms with van der Waals surface area (Å²) in [4.78, 5) is 10.5.